The number of hydrogen-bond acceptors (Lipinski definition) is 13. The number of aliphatic hydroxyl groups is 1. The number of rotatable bonds is 28. The first-order valence-corrected chi connectivity index (χ1v) is 18.2. The van der Waals surface area contributed by atoms with E-state index in [0.29, 0.717) is 6.42 Å². The standard InChI is InChI=1S/C34H56N8O16/c1-6-15(4)26(41-28(51)17(35)7-9-23(45)46)32(55)39-20(12-22(36)44)31(54)38-19(11-14(2)3)30(53)37-18(8-10-24(47)48)29(52)42-27(16(5)43)33(56)40-21(34(57)58)13-25(49)50/h14-21,26-27,43H,6-13,35H2,1-5H3,(H2,36,44)(H,37,53)(H,38,54)(H,39,55)(H,40,56)(H,41,51)(H,42,52)(H,45,46)(H,47,48)(H,49,50)(H,57,58)/t15-,16+,17-,18-,19-,20-,21-,26-,27-/m0/s1. The average Bonchev–Trinajstić information content (AvgIpc) is 3.10. The molecule has 0 aromatic heterocycles. The van der Waals surface area contributed by atoms with Crippen LogP contribution in [0.15, 0.2) is 0 Å². The Morgan fingerprint density at radius 1 is 0.534 bits per heavy atom. The summed E-state index contributed by atoms with van der Waals surface area (Å²) in [5, 5.41) is 60.0. The van der Waals surface area contributed by atoms with E-state index in [-0.39, 0.29) is 18.8 Å². The summed E-state index contributed by atoms with van der Waals surface area (Å²) in [6, 6.07) is -11.6. The predicted molar refractivity (Wildman–Crippen MR) is 198 cm³/mol. The zero-order valence-corrected chi connectivity index (χ0v) is 32.8. The average molecular weight is 833 g/mol. The number of carboxylic acid groups (broad SMARTS) is 4. The Kier molecular flexibility index (Phi) is 22.8. The molecule has 58 heavy (non-hydrogen) atoms. The summed E-state index contributed by atoms with van der Waals surface area (Å²) < 4.78 is 0. The number of amides is 7. The Bertz CT molecular complexity index is 1520. The van der Waals surface area contributed by atoms with Gasteiger partial charge >= 0.3 is 23.9 Å². The normalized spacial score (nSPS) is 15.7. The lowest BCUT2D eigenvalue weighted by molar-refractivity contribution is -0.148. The van der Waals surface area contributed by atoms with Gasteiger partial charge in [0.1, 0.15) is 36.3 Å². The smallest absolute Gasteiger partial charge is 0.326 e. The Balaban J connectivity index is 6.41. The van der Waals surface area contributed by atoms with Crippen LogP contribution in [0.25, 0.3) is 0 Å². The minimum absolute atomic E-state index is 0.138. The molecule has 0 aliphatic carbocycles. The van der Waals surface area contributed by atoms with Gasteiger partial charge < -0.3 is 68.9 Å². The molecule has 0 saturated heterocycles. The van der Waals surface area contributed by atoms with Crippen LogP contribution in [0.4, 0.5) is 0 Å². The van der Waals surface area contributed by atoms with Crippen LogP contribution >= 0.6 is 0 Å². The van der Waals surface area contributed by atoms with Crippen molar-refractivity contribution in [2.45, 2.75) is 134 Å². The van der Waals surface area contributed by atoms with E-state index in [1.807, 2.05) is 5.32 Å². The third-order valence-electron chi connectivity index (χ3n) is 8.51. The molecular formula is C34H56N8O16. The van der Waals surface area contributed by atoms with Crippen molar-refractivity contribution < 1.29 is 78.3 Å². The summed E-state index contributed by atoms with van der Waals surface area (Å²) in [5.41, 5.74) is 11.1. The fraction of sp³-hybridized carbons (Fsp3) is 0.676. The molecule has 24 heteroatoms. The van der Waals surface area contributed by atoms with Crippen molar-refractivity contribution >= 4 is 65.2 Å². The quantitative estimate of drug-likeness (QED) is 0.0356. The Morgan fingerprint density at radius 2 is 0.983 bits per heavy atom. The van der Waals surface area contributed by atoms with Gasteiger partial charge in [0.2, 0.25) is 41.4 Å². The number of aliphatic hydroxyl groups excluding tert-OH is 1. The van der Waals surface area contributed by atoms with Crippen molar-refractivity contribution in [2.75, 3.05) is 0 Å². The van der Waals surface area contributed by atoms with Crippen molar-refractivity contribution in [3.05, 3.63) is 0 Å². The lowest BCUT2D eigenvalue weighted by atomic mass is 9.96. The lowest BCUT2D eigenvalue weighted by Gasteiger charge is -2.29. The molecule has 0 aromatic rings. The molecule has 24 nitrogen and oxygen atoms in total. The van der Waals surface area contributed by atoms with Crippen LogP contribution in [-0.4, -0.2) is 139 Å². The molecule has 0 radical (unpaired) electrons. The van der Waals surface area contributed by atoms with Crippen molar-refractivity contribution in [1.82, 2.24) is 31.9 Å². The minimum Gasteiger partial charge on any atom is -0.481 e. The van der Waals surface area contributed by atoms with E-state index in [1.54, 1.807) is 27.7 Å². The molecular weight excluding hydrogens is 776 g/mol. The summed E-state index contributed by atoms with van der Waals surface area (Å²) in [7, 11) is 0. The van der Waals surface area contributed by atoms with E-state index in [9.17, 15) is 68.1 Å². The van der Waals surface area contributed by atoms with Crippen LogP contribution in [0.5, 0.6) is 0 Å². The number of hydrogen-bond donors (Lipinski definition) is 13. The van der Waals surface area contributed by atoms with Crippen LogP contribution in [0.3, 0.4) is 0 Å². The van der Waals surface area contributed by atoms with Crippen LogP contribution in [0.2, 0.25) is 0 Å². The first-order chi connectivity index (χ1) is 26.8. The highest BCUT2D eigenvalue weighted by atomic mass is 16.4. The molecule has 0 spiro atoms. The number of primary amides is 1. The first kappa shape index (κ1) is 52.1. The molecule has 0 bridgehead atoms. The van der Waals surface area contributed by atoms with Gasteiger partial charge in [0.15, 0.2) is 0 Å². The summed E-state index contributed by atoms with van der Waals surface area (Å²) in [5.74, 6) is -14.5. The molecule has 328 valence electrons. The molecule has 0 aromatic carbocycles. The summed E-state index contributed by atoms with van der Waals surface area (Å²) >= 11 is 0. The highest BCUT2D eigenvalue weighted by molar-refractivity contribution is 5.98. The Labute approximate surface area is 333 Å². The number of nitrogens with two attached hydrogens (primary N) is 2. The second kappa shape index (κ2) is 25.4. The van der Waals surface area contributed by atoms with Crippen molar-refractivity contribution in [2.24, 2.45) is 23.3 Å². The first-order valence-electron chi connectivity index (χ1n) is 18.2. The van der Waals surface area contributed by atoms with Gasteiger partial charge in [-0.2, -0.15) is 0 Å². The fourth-order valence-corrected chi connectivity index (χ4v) is 5.12. The van der Waals surface area contributed by atoms with E-state index < -0.39 is 152 Å². The predicted octanol–water partition coefficient (Wildman–Crippen LogP) is -4.14. The maximum Gasteiger partial charge on any atom is 0.326 e. The summed E-state index contributed by atoms with van der Waals surface area (Å²) in [6.07, 6.45) is -5.43. The molecule has 0 fully saturated rings. The van der Waals surface area contributed by atoms with E-state index in [4.69, 9.17) is 21.7 Å². The summed E-state index contributed by atoms with van der Waals surface area (Å²) in [6.45, 7) is 7.58. The molecule has 0 rings (SSSR count). The van der Waals surface area contributed by atoms with Gasteiger partial charge in [0, 0.05) is 12.8 Å². The Hall–Kier alpha value is -5.91. The highest BCUT2D eigenvalue weighted by Gasteiger charge is 2.36. The van der Waals surface area contributed by atoms with Gasteiger partial charge in [-0.05, 0) is 38.0 Å². The fourth-order valence-electron chi connectivity index (χ4n) is 5.12. The number of carboxylic acids is 4. The number of carbonyl (C=O) groups is 11. The molecule has 15 N–H and O–H groups in total. The van der Waals surface area contributed by atoms with Crippen molar-refractivity contribution in [3.63, 3.8) is 0 Å². The number of carbonyl (C=O) groups excluding carboxylic acids is 7. The van der Waals surface area contributed by atoms with E-state index in [2.05, 4.69) is 26.6 Å². The van der Waals surface area contributed by atoms with Gasteiger partial charge in [-0.25, -0.2) is 4.79 Å². The molecule has 0 saturated carbocycles. The van der Waals surface area contributed by atoms with Gasteiger partial charge in [0.25, 0.3) is 0 Å². The second-order valence-electron chi connectivity index (χ2n) is 14.1. The highest BCUT2D eigenvalue weighted by Crippen LogP contribution is 2.12. The third-order valence-corrected chi connectivity index (χ3v) is 8.51. The van der Waals surface area contributed by atoms with Gasteiger partial charge in [0.05, 0.1) is 25.0 Å². The second-order valence-corrected chi connectivity index (χ2v) is 14.1. The number of aliphatic carboxylic acids is 4. The minimum atomic E-state index is -1.97. The van der Waals surface area contributed by atoms with Crippen molar-refractivity contribution in [1.29, 1.82) is 0 Å². The largest absolute Gasteiger partial charge is 0.481 e. The van der Waals surface area contributed by atoms with Crippen LogP contribution in [0.1, 0.15) is 86.0 Å². The van der Waals surface area contributed by atoms with E-state index >= 15 is 0 Å². The topological polar surface area (TPSA) is 413 Å². The lowest BCUT2D eigenvalue weighted by Crippen LogP contribution is -2.61. The zero-order chi connectivity index (χ0) is 45.0. The van der Waals surface area contributed by atoms with E-state index in [0.717, 1.165) is 6.92 Å². The third kappa shape index (κ3) is 19.8. The maximum absolute atomic E-state index is 13.7. The maximum atomic E-state index is 13.7. The molecule has 0 unspecified atom stereocenters. The number of nitrogens with one attached hydrogen (secondary N) is 6. The van der Waals surface area contributed by atoms with Crippen LogP contribution in [0, 0.1) is 11.8 Å². The van der Waals surface area contributed by atoms with Gasteiger partial charge in [-0.1, -0.05) is 34.1 Å². The van der Waals surface area contributed by atoms with Gasteiger partial charge in [-0.15, -0.1) is 0 Å². The molecule has 0 aliphatic rings. The van der Waals surface area contributed by atoms with Crippen LogP contribution < -0.4 is 43.4 Å². The zero-order valence-electron chi connectivity index (χ0n) is 32.8. The molecule has 0 heterocycles. The summed E-state index contributed by atoms with van der Waals surface area (Å²) in [4.78, 5) is 137. The molecule has 9 atom stereocenters. The monoisotopic (exact) mass is 832 g/mol. The van der Waals surface area contributed by atoms with Crippen LogP contribution in [-0.2, 0) is 52.7 Å². The van der Waals surface area contributed by atoms with Crippen molar-refractivity contribution in [3.8, 4) is 0 Å². The SMILES string of the molecule is CC[C@H](C)[C@H](NC(=O)[C@@H](N)CCC(=O)O)C(=O)N[C@@H](CC(N)=O)C(=O)N[C@@H](CC(C)C)C(=O)N[C@@H](CCC(=O)O)C(=O)N[C@H](C(=O)N[C@@H](CC(=O)O)C(=O)O)[C@@H](C)O. The molecule has 0 aliphatic heterocycles. The molecule has 7 amide bonds. The Morgan fingerprint density at radius 3 is 1.45 bits per heavy atom. The van der Waals surface area contributed by atoms with E-state index in [1.165, 1.54) is 0 Å². The van der Waals surface area contributed by atoms with Gasteiger partial charge in [-0.3, -0.25) is 47.9 Å².